The third kappa shape index (κ3) is 8.32. The Morgan fingerprint density at radius 1 is 1.04 bits per heavy atom. The van der Waals surface area contributed by atoms with Crippen LogP contribution < -0.4 is 10.2 Å². The van der Waals surface area contributed by atoms with Crippen molar-refractivity contribution in [2.45, 2.75) is 125 Å². The summed E-state index contributed by atoms with van der Waals surface area (Å²) in [6, 6.07) is 9.19. The van der Waals surface area contributed by atoms with Crippen LogP contribution >= 0.6 is 0 Å². The Labute approximate surface area is 298 Å². The fourth-order valence-corrected chi connectivity index (χ4v) is 7.48. The second-order valence-corrected chi connectivity index (χ2v) is 20.5. The zero-order valence-corrected chi connectivity index (χ0v) is 32.5. The minimum atomic E-state index is -2.51. The smallest absolute Gasteiger partial charge is 0.416 e. The number of aromatic hydroxyl groups is 1. The summed E-state index contributed by atoms with van der Waals surface area (Å²) in [6.45, 7) is 21.8. The maximum atomic E-state index is 14.2. The highest BCUT2D eigenvalue weighted by Crippen LogP contribution is 2.44. The quantitative estimate of drug-likeness (QED) is 0.231. The van der Waals surface area contributed by atoms with Crippen LogP contribution in [0.25, 0.3) is 0 Å². The molecule has 2 aliphatic rings. The molecule has 0 fully saturated rings. The van der Waals surface area contributed by atoms with Crippen LogP contribution in [-0.2, 0) is 31.8 Å². The number of carbonyl (C=O) groups is 4. The number of fused-ring (bicyclic) bond motifs is 2. The Bertz CT molecular complexity index is 1640. The molecule has 0 saturated carbocycles. The van der Waals surface area contributed by atoms with Crippen LogP contribution in [-0.4, -0.2) is 60.3 Å². The molecule has 2 aromatic carbocycles. The Morgan fingerprint density at radius 3 is 2.24 bits per heavy atom. The highest BCUT2D eigenvalue weighted by atomic mass is 28.4. The Kier molecular flexibility index (Phi) is 11.7. The number of aryl methyl sites for hydroxylation is 1. The van der Waals surface area contributed by atoms with Crippen LogP contribution in [0.5, 0.6) is 5.75 Å². The maximum Gasteiger partial charge on any atom is 0.416 e. The zero-order chi connectivity index (χ0) is 37.3. The monoisotopic (exact) mass is 705 g/mol. The number of ether oxygens (including phenoxy) is 1. The van der Waals surface area contributed by atoms with Crippen molar-refractivity contribution in [2.75, 3.05) is 4.90 Å². The van der Waals surface area contributed by atoms with Gasteiger partial charge in [0.1, 0.15) is 12.4 Å². The van der Waals surface area contributed by atoms with Gasteiger partial charge in [0.05, 0.1) is 23.3 Å². The van der Waals surface area contributed by atoms with Gasteiger partial charge < -0.3 is 24.5 Å². The lowest BCUT2D eigenvalue weighted by atomic mass is 9.92. The third-order valence-electron chi connectivity index (χ3n) is 10.5. The normalized spacial score (nSPS) is 19.0. The van der Waals surface area contributed by atoms with Crippen LogP contribution in [0.4, 0.5) is 10.5 Å². The van der Waals surface area contributed by atoms with Gasteiger partial charge in [-0.05, 0) is 80.4 Å². The van der Waals surface area contributed by atoms with E-state index in [1.807, 2.05) is 46.0 Å². The lowest BCUT2D eigenvalue weighted by Gasteiger charge is -2.44. The van der Waals surface area contributed by atoms with Gasteiger partial charge in [-0.25, -0.2) is 9.69 Å². The molecule has 272 valence electrons. The van der Waals surface area contributed by atoms with Gasteiger partial charge in [0.2, 0.25) is 5.91 Å². The SMILES string of the molecule is CC[C@H](C(=O)N[C@@H](C)C(=O)Cc1ccc(COC(=O)N2c3cc(O)c(C)cc3C(=O)N3C=C(C)C[C@H]3[C@@H]2O[Si](C)(C)C(C)(C)C)cc1)C(C)C. The van der Waals surface area contributed by atoms with Gasteiger partial charge in [-0.2, -0.15) is 0 Å². The van der Waals surface area contributed by atoms with Gasteiger partial charge in [0.25, 0.3) is 5.91 Å². The molecule has 3 amide bonds. The predicted octanol–water partition coefficient (Wildman–Crippen LogP) is 7.62. The number of ketones is 1. The summed E-state index contributed by atoms with van der Waals surface area (Å²) in [5, 5.41) is 13.5. The minimum Gasteiger partial charge on any atom is -0.508 e. The first-order valence-corrected chi connectivity index (χ1v) is 20.5. The van der Waals surface area contributed by atoms with E-state index in [2.05, 4.69) is 39.2 Å². The number of nitrogens with zero attached hydrogens (tertiary/aromatic N) is 2. The maximum absolute atomic E-state index is 14.2. The van der Waals surface area contributed by atoms with Gasteiger partial charge >= 0.3 is 6.09 Å². The standard InChI is InChI=1S/C39H55N3O7Si/c1-12-29(23(2)3)35(45)40-26(6)34(44)19-27-13-15-28(16-14-27)22-48-38(47)42-31-20-33(43)25(5)18-30(31)36(46)41-21-24(4)17-32(41)37(42)49-50(10,11)39(7,8)9/h13-16,18,20-21,23,26,29,32,37,43H,12,17,19,22H2,1-11H3,(H,40,45)/t26-,29-,32-,37-/m0/s1. The lowest BCUT2D eigenvalue weighted by molar-refractivity contribution is -0.130. The fourth-order valence-electron chi connectivity index (χ4n) is 6.26. The number of amides is 3. The third-order valence-corrected chi connectivity index (χ3v) is 14.9. The molecule has 0 aliphatic carbocycles. The van der Waals surface area contributed by atoms with Gasteiger partial charge in [0.15, 0.2) is 20.3 Å². The predicted molar refractivity (Wildman–Crippen MR) is 197 cm³/mol. The van der Waals surface area contributed by atoms with Crippen molar-refractivity contribution < 1.29 is 33.4 Å². The largest absolute Gasteiger partial charge is 0.508 e. The number of benzene rings is 2. The molecule has 10 nitrogen and oxygen atoms in total. The van der Waals surface area contributed by atoms with E-state index in [0.29, 0.717) is 24.0 Å². The highest BCUT2D eigenvalue weighted by Gasteiger charge is 2.50. The molecule has 0 unspecified atom stereocenters. The molecule has 50 heavy (non-hydrogen) atoms. The Morgan fingerprint density at radius 2 is 1.66 bits per heavy atom. The van der Waals surface area contributed by atoms with Crippen molar-refractivity contribution in [3.8, 4) is 5.75 Å². The van der Waals surface area contributed by atoms with Crippen LogP contribution in [0.2, 0.25) is 18.1 Å². The zero-order valence-electron chi connectivity index (χ0n) is 31.5. The van der Waals surface area contributed by atoms with E-state index >= 15 is 0 Å². The molecule has 4 rings (SSSR count). The van der Waals surface area contributed by atoms with E-state index in [0.717, 1.165) is 11.1 Å². The molecule has 0 spiro atoms. The lowest BCUT2D eigenvalue weighted by Crippen LogP contribution is -2.57. The number of carbonyl (C=O) groups excluding carboxylic acids is 4. The second kappa shape index (κ2) is 15.1. The van der Waals surface area contributed by atoms with E-state index in [1.54, 1.807) is 36.9 Å². The van der Waals surface area contributed by atoms with E-state index < -0.39 is 32.7 Å². The molecule has 4 atom stereocenters. The molecule has 0 bridgehead atoms. The first kappa shape index (κ1) is 38.8. The number of nitrogens with one attached hydrogen (secondary N) is 1. The summed E-state index contributed by atoms with van der Waals surface area (Å²) in [6.07, 6.45) is 1.64. The number of hydrogen-bond acceptors (Lipinski definition) is 7. The summed E-state index contributed by atoms with van der Waals surface area (Å²) in [5.74, 6) is -0.469. The van der Waals surface area contributed by atoms with Gasteiger partial charge in [0, 0.05) is 24.6 Å². The number of phenols is 1. The summed E-state index contributed by atoms with van der Waals surface area (Å²) in [5.41, 5.74) is 3.51. The summed E-state index contributed by atoms with van der Waals surface area (Å²) in [7, 11) is -2.51. The molecule has 2 aromatic rings. The first-order chi connectivity index (χ1) is 23.2. The first-order valence-electron chi connectivity index (χ1n) is 17.6. The van der Waals surface area contributed by atoms with Crippen LogP contribution in [0.15, 0.2) is 48.2 Å². The van der Waals surface area contributed by atoms with E-state index in [1.165, 1.54) is 11.0 Å². The number of Topliss-reactive ketones (excluding diaryl/α,β-unsaturated/α-hetero) is 1. The molecule has 0 aromatic heterocycles. The molecule has 0 saturated heterocycles. The molecule has 2 N–H and O–H groups in total. The Balaban J connectivity index is 1.56. The molecule has 11 heteroatoms. The molecular formula is C39H55N3O7Si. The van der Waals surface area contributed by atoms with Gasteiger partial charge in [-0.15, -0.1) is 0 Å². The fraction of sp³-hybridized carbons (Fsp3) is 0.538. The van der Waals surface area contributed by atoms with E-state index in [4.69, 9.17) is 9.16 Å². The van der Waals surface area contributed by atoms with Gasteiger partial charge in [-0.3, -0.25) is 14.4 Å². The van der Waals surface area contributed by atoms with E-state index in [9.17, 15) is 24.3 Å². The number of hydrogen-bond donors (Lipinski definition) is 2. The molecule has 2 aliphatic heterocycles. The van der Waals surface area contributed by atoms with Crippen molar-refractivity contribution in [2.24, 2.45) is 11.8 Å². The molecule has 2 heterocycles. The van der Waals surface area contributed by atoms with Crippen LogP contribution in [0.1, 0.15) is 95.3 Å². The average molecular weight is 706 g/mol. The minimum absolute atomic E-state index is 0.0432. The van der Waals surface area contributed by atoms with Crippen LogP contribution in [0.3, 0.4) is 0 Å². The van der Waals surface area contributed by atoms with E-state index in [-0.39, 0.29) is 64.5 Å². The van der Waals surface area contributed by atoms with Crippen molar-refractivity contribution in [1.82, 2.24) is 10.2 Å². The molecule has 0 radical (unpaired) electrons. The topological polar surface area (TPSA) is 125 Å². The number of phenolic OH excluding ortho intramolecular Hbond substituents is 1. The summed E-state index contributed by atoms with van der Waals surface area (Å²) in [4.78, 5) is 56.9. The average Bonchev–Trinajstić information content (AvgIpc) is 3.39. The number of rotatable bonds is 11. The summed E-state index contributed by atoms with van der Waals surface area (Å²) < 4.78 is 12.9. The van der Waals surface area contributed by atoms with Crippen molar-refractivity contribution in [3.05, 3.63) is 70.4 Å². The van der Waals surface area contributed by atoms with Crippen LogP contribution in [0, 0.1) is 18.8 Å². The second-order valence-electron chi connectivity index (χ2n) is 15.8. The van der Waals surface area contributed by atoms with Crippen molar-refractivity contribution in [1.29, 1.82) is 0 Å². The summed E-state index contributed by atoms with van der Waals surface area (Å²) >= 11 is 0. The number of anilines is 1. The Hall–Kier alpha value is -3.96. The van der Waals surface area contributed by atoms with Crippen molar-refractivity contribution >= 4 is 37.7 Å². The van der Waals surface area contributed by atoms with Gasteiger partial charge in [-0.1, -0.05) is 71.4 Å². The highest BCUT2D eigenvalue weighted by molar-refractivity contribution is 6.74. The van der Waals surface area contributed by atoms with Crippen molar-refractivity contribution in [3.63, 3.8) is 0 Å². The molecular weight excluding hydrogens is 651 g/mol.